The van der Waals surface area contributed by atoms with E-state index in [0.29, 0.717) is 39.4 Å². The zero-order valence-electron chi connectivity index (χ0n) is 19.0. The molecule has 10 heteroatoms. The fraction of sp³-hybridized carbons (Fsp3) is 0.261. The third-order valence-electron chi connectivity index (χ3n) is 5.50. The molecule has 1 N–H and O–H groups in total. The van der Waals surface area contributed by atoms with Gasteiger partial charge < -0.3 is 9.73 Å². The number of amides is 1. The molecule has 0 fully saturated rings. The van der Waals surface area contributed by atoms with Crippen molar-refractivity contribution < 1.29 is 17.6 Å². The lowest BCUT2D eigenvalue weighted by Crippen LogP contribution is -2.33. The molecular weight excluding hydrogens is 442 g/mol. The maximum Gasteiger partial charge on any atom is 0.256 e. The van der Waals surface area contributed by atoms with Gasteiger partial charge in [0.05, 0.1) is 27.8 Å². The summed E-state index contributed by atoms with van der Waals surface area (Å²) in [5, 5.41) is 7.89. The fourth-order valence-electron chi connectivity index (χ4n) is 3.53. The number of hydrogen-bond donors (Lipinski definition) is 1. The van der Waals surface area contributed by atoms with Gasteiger partial charge in [-0.05, 0) is 63.2 Å². The summed E-state index contributed by atoms with van der Waals surface area (Å²) < 4.78 is 33.7. The molecule has 0 aliphatic carbocycles. The van der Waals surface area contributed by atoms with Crippen molar-refractivity contribution in [2.24, 2.45) is 7.05 Å². The number of hydrogen-bond acceptors (Lipinski definition) is 6. The molecule has 4 aromatic rings. The topological polar surface area (TPSA) is 110 Å². The van der Waals surface area contributed by atoms with Crippen LogP contribution in [0.4, 0.5) is 5.69 Å². The minimum Gasteiger partial charge on any atom is -0.463 e. The highest BCUT2D eigenvalue weighted by Gasteiger charge is 2.24. The number of carbonyl (C=O) groups excluding carboxylic acids is 1. The summed E-state index contributed by atoms with van der Waals surface area (Å²) >= 11 is 0. The molecule has 0 aliphatic heterocycles. The summed E-state index contributed by atoms with van der Waals surface area (Å²) in [5.41, 5.74) is 2.61. The van der Waals surface area contributed by atoms with Gasteiger partial charge in [0.2, 0.25) is 10.0 Å². The third-order valence-corrected chi connectivity index (χ3v) is 7.55. The molecule has 0 saturated heterocycles. The van der Waals surface area contributed by atoms with E-state index in [9.17, 15) is 13.2 Å². The average Bonchev–Trinajstić information content (AvgIpc) is 3.41. The first-order chi connectivity index (χ1) is 15.6. The van der Waals surface area contributed by atoms with Crippen LogP contribution in [0.15, 0.2) is 58.0 Å². The van der Waals surface area contributed by atoms with Crippen LogP contribution in [0.1, 0.15) is 29.9 Å². The number of furan rings is 1. The smallest absolute Gasteiger partial charge is 0.256 e. The molecule has 3 heterocycles. The van der Waals surface area contributed by atoms with Crippen LogP contribution in [0.3, 0.4) is 0 Å². The third kappa shape index (κ3) is 4.14. The number of carbonyl (C=O) groups is 1. The van der Waals surface area contributed by atoms with Gasteiger partial charge in [0.15, 0.2) is 11.4 Å². The van der Waals surface area contributed by atoms with E-state index >= 15 is 0 Å². The van der Waals surface area contributed by atoms with Gasteiger partial charge in [-0.3, -0.25) is 9.48 Å². The van der Waals surface area contributed by atoms with Gasteiger partial charge in [-0.2, -0.15) is 9.40 Å². The SMILES string of the molecule is Cc1nn(C)c2nc(-c3ccco3)cc(C(=O)Nc3ccc(S(=O)(=O)N(C)C(C)C)cc3)c12. The van der Waals surface area contributed by atoms with Crippen LogP contribution in [-0.2, 0) is 17.1 Å². The minimum absolute atomic E-state index is 0.159. The Morgan fingerprint density at radius 3 is 2.48 bits per heavy atom. The van der Waals surface area contributed by atoms with Crippen LogP contribution in [0.2, 0.25) is 0 Å². The standard InChI is InChI=1S/C23H25N5O4S/c1-14(2)28(5)33(30,31)17-10-8-16(9-11-17)24-23(29)18-13-19(20-7-6-12-32-20)25-22-21(18)15(3)26-27(22)4/h6-14H,1-5H3,(H,24,29). The Kier molecular flexibility index (Phi) is 5.81. The molecule has 0 spiro atoms. The molecule has 1 amide bonds. The molecule has 0 unspecified atom stereocenters. The first-order valence-corrected chi connectivity index (χ1v) is 11.8. The summed E-state index contributed by atoms with van der Waals surface area (Å²) in [6.45, 7) is 5.43. The highest BCUT2D eigenvalue weighted by Crippen LogP contribution is 2.28. The molecule has 0 radical (unpaired) electrons. The molecule has 4 rings (SSSR count). The van der Waals surface area contributed by atoms with Crippen molar-refractivity contribution in [3.05, 3.63) is 60.0 Å². The Morgan fingerprint density at radius 1 is 1.18 bits per heavy atom. The van der Waals surface area contributed by atoms with Crippen molar-refractivity contribution in [2.75, 3.05) is 12.4 Å². The van der Waals surface area contributed by atoms with E-state index in [-0.39, 0.29) is 16.8 Å². The molecule has 1 aromatic carbocycles. The zero-order chi connectivity index (χ0) is 23.9. The molecule has 0 aliphatic rings. The zero-order valence-corrected chi connectivity index (χ0v) is 19.8. The first kappa shape index (κ1) is 22.7. The lowest BCUT2D eigenvalue weighted by molar-refractivity contribution is 0.102. The van der Waals surface area contributed by atoms with Gasteiger partial charge in [0.25, 0.3) is 5.91 Å². The number of nitrogens with zero attached hydrogens (tertiary/aromatic N) is 4. The number of benzene rings is 1. The van der Waals surface area contributed by atoms with E-state index in [1.54, 1.807) is 62.2 Å². The lowest BCUT2D eigenvalue weighted by Gasteiger charge is -2.21. The second kappa shape index (κ2) is 8.45. The van der Waals surface area contributed by atoms with E-state index in [1.165, 1.54) is 23.5 Å². The van der Waals surface area contributed by atoms with E-state index in [1.807, 2.05) is 6.92 Å². The monoisotopic (exact) mass is 467 g/mol. The Hall–Kier alpha value is -3.50. The molecular formula is C23H25N5O4S. The summed E-state index contributed by atoms with van der Waals surface area (Å²) in [6, 6.07) is 11.1. The van der Waals surface area contributed by atoms with Crippen molar-refractivity contribution in [3.63, 3.8) is 0 Å². The van der Waals surface area contributed by atoms with Crippen molar-refractivity contribution in [1.82, 2.24) is 19.1 Å². The van der Waals surface area contributed by atoms with Gasteiger partial charge >= 0.3 is 0 Å². The highest BCUT2D eigenvalue weighted by molar-refractivity contribution is 7.89. The van der Waals surface area contributed by atoms with Gasteiger partial charge in [0, 0.05) is 25.8 Å². The molecule has 33 heavy (non-hydrogen) atoms. The number of rotatable bonds is 6. The maximum atomic E-state index is 13.3. The molecule has 0 saturated carbocycles. The molecule has 0 bridgehead atoms. The quantitative estimate of drug-likeness (QED) is 0.462. The summed E-state index contributed by atoms with van der Waals surface area (Å²) in [7, 11) is -0.301. The van der Waals surface area contributed by atoms with Crippen molar-refractivity contribution in [2.45, 2.75) is 31.7 Å². The predicted molar refractivity (Wildman–Crippen MR) is 125 cm³/mol. The van der Waals surface area contributed by atoms with E-state index < -0.39 is 10.0 Å². The summed E-state index contributed by atoms with van der Waals surface area (Å²) in [5.74, 6) is 0.176. The minimum atomic E-state index is -3.61. The van der Waals surface area contributed by atoms with Crippen molar-refractivity contribution in [3.8, 4) is 11.5 Å². The van der Waals surface area contributed by atoms with Crippen LogP contribution in [0.5, 0.6) is 0 Å². The number of nitrogens with one attached hydrogen (secondary N) is 1. The Morgan fingerprint density at radius 2 is 1.88 bits per heavy atom. The molecule has 172 valence electrons. The van der Waals surface area contributed by atoms with Gasteiger partial charge in [-0.1, -0.05) is 0 Å². The van der Waals surface area contributed by atoms with E-state index in [0.717, 1.165) is 0 Å². The second-order valence-electron chi connectivity index (χ2n) is 8.03. The van der Waals surface area contributed by atoms with Crippen LogP contribution in [0.25, 0.3) is 22.5 Å². The number of anilines is 1. The Balaban J connectivity index is 1.69. The normalized spacial score (nSPS) is 12.1. The fourth-order valence-corrected chi connectivity index (χ4v) is 4.89. The van der Waals surface area contributed by atoms with E-state index in [2.05, 4.69) is 15.4 Å². The predicted octanol–water partition coefficient (Wildman–Crippen LogP) is 3.82. The summed E-state index contributed by atoms with van der Waals surface area (Å²) in [6.07, 6.45) is 1.54. The van der Waals surface area contributed by atoms with Gasteiger partial charge in [-0.15, -0.1) is 0 Å². The number of fused-ring (bicyclic) bond motifs is 1. The Bertz CT molecular complexity index is 1420. The van der Waals surface area contributed by atoms with Gasteiger partial charge in [-0.25, -0.2) is 13.4 Å². The second-order valence-corrected chi connectivity index (χ2v) is 10.0. The average molecular weight is 468 g/mol. The maximum absolute atomic E-state index is 13.3. The number of aromatic nitrogens is 3. The van der Waals surface area contributed by atoms with Crippen LogP contribution in [-0.4, -0.2) is 46.5 Å². The first-order valence-electron chi connectivity index (χ1n) is 10.4. The van der Waals surface area contributed by atoms with Crippen molar-refractivity contribution >= 4 is 32.7 Å². The van der Waals surface area contributed by atoms with Crippen LogP contribution in [0, 0.1) is 6.92 Å². The molecule has 0 atom stereocenters. The van der Waals surface area contributed by atoms with Crippen LogP contribution < -0.4 is 5.32 Å². The lowest BCUT2D eigenvalue weighted by atomic mass is 10.1. The summed E-state index contributed by atoms with van der Waals surface area (Å²) in [4.78, 5) is 18.0. The van der Waals surface area contributed by atoms with Gasteiger partial charge in [0.1, 0.15) is 5.69 Å². The largest absolute Gasteiger partial charge is 0.463 e. The number of sulfonamides is 1. The molecule has 9 nitrogen and oxygen atoms in total. The Labute approximate surface area is 192 Å². The number of pyridine rings is 1. The number of aryl methyl sites for hydroxylation is 2. The van der Waals surface area contributed by atoms with Crippen LogP contribution >= 0.6 is 0 Å². The molecule has 3 aromatic heterocycles. The highest BCUT2D eigenvalue weighted by atomic mass is 32.2. The van der Waals surface area contributed by atoms with E-state index in [4.69, 9.17) is 4.42 Å². The van der Waals surface area contributed by atoms with Crippen molar-refractivity contribution in [1.29, 1.82) is 0 Å².